The molecule has 0 aromatic heterocycles. The first-order valence-corrected chi connectivity index (χ1v) is 7.62. The summed E-state index contributed by atoms with van der Waals surface area (Å²) in [4.78, 5) is 10.2. The van der Waals surface area contributed by atoms with Crippen molar-refractivity contribution in [2.45, 2.75) is 38.4 Å². The van der Waals surface area contributed by atoms with Crippen molar-refractivity contribution in [3.8, 4) is 0 Å². The Labute approximate surface area is 126 Å². The van der Waals surface area contributed by atoms with Gasteiger partial charge < -0.3 is 6.53 Å². The summed E-state index contributed by atoms with van der Waals surface area (Å²) in [6, 6.07) is 1.16. The van der Waals surface area contributed by atoms with Crippen molar-refractivity contribution < 1.29 is 62.7 Å². The molecule has 1 N–H and O–H groups in total. The predicted octanol–water partition coefficient (Wildman–Crippen LogP) is -0.209. The second kappa shape index (κ2) is 8.38. The van der Waals surface area contributed by atoms with Gasteiger partial charge in [-0.2, -0.15) is 0 Å². The second-order valence-corrected chi connectivity index (χ2v) is 8.68. The van der Waals surface area contributed by atoms with Crippen molar-refractivity contribution in [1.82, 2.24) is 0 Å². The summed E-state index contributed by atoms with van der Waals surface area (Å²) >= 11 is 0. The van der Waals surface area contributed by atoms with Crippen LogP contribution >= 0.6 is 0 Å². The molecule has 2 nitrogen and oxygen atoms in total. The molecule has 0 radical (unpaired) electrons. The molecule has 0 rings (SSSR count). The van der Waals surface area contributed by atoms with E-state index in [0.717, 1.165) is 18.9 Å². The van der Waals surface area contributed by atoms with Gasteiger partial charge >= 0.3 is 57.4 Å². The number of carboxylic acid groups (broad SMARTS) is 1. The van der Waals surface area contributed by atoms with E-state index < -0.39 is 14.0 Å². The molecular formula is C9H19KO2Si. The van der Waals surface area contributed by atoms with Crippen LogP contribution in [0.25, 0.3) is 0 Å². The molecule has 0 saturated carbocycles. The quantitative estimate of drug-likeness (QED) is 0.503. The van der Waals surface area contributed by atoms with Gasteiger partial charge in [0.05, 0.1) is 8.07 Å². The fourth-order valence-electron chi connectivity index (χ4n) is 0.959. The molecular weight excluding hydrogens is 207 g/mol. The van der Waals surface area contributed by atoms with E-state index in [9.17, 15) is 4.79 Å². The first-order chi connectivity index (χ1) is 5.48. The Hall–Kier alpha value is 1.06. The van der Waals surface area contributed by atoms with E-state index in [1.165, 1.54) is 0 Å². The molecule has 0 unspecified atom stereocenters. The maximum absolute atomic E-state index is 10.2. The van der Waals surface area contributed by atoms with E-state index in [1.807, 2.05) is 0 Å². The van der Waals surface area contributed by atoms with Gasteiger partial charge in [0.15, 0.2) is 0 Å². The smallest absolute Gasteiger partial charge is 1.00 e. The van der Waals surface area contributed by atoms with E-state index in [2.05, 4.69) is 25.4 Å². The van der Waals surface area contributed by atoms with Crippen LogP contribution in [0.15, 0.2) is 12.3 Å². The normalized spacial score (nSPS) is 10.3. The van der Waals surface area contributed by atoms with Crippen LogP contribution in [0, 0.1) is 0 Å². The van der Waals surface area contributed by atoms with Crippen molar-refractivity contribution in [2.24, 2.45) is 0 Å². The number of hydrogen-bond donors (Lipinski definition) is 1. The Kier molecular flexibility index (Phi) is 10.6. The zero-order valence-electron chi connectivity index (χ0n) is 9.97. The summed E-state index contributed by atoms with van der Waals surface area (Å²) in [6.45, 7) is 8.29. The van der Waals surface area contributed by atoms with Gasteiger partial charge in [0.1, 0.15) is 0 Å². The molecule has 0 saturated heterocycles. The molecule has 0 amide bonds. The molecule has 0 aliphatic heterocycles. The fraction of sp³-hybridized carbons (Fsp3) is 0.667. The SMILES string of the molecule is C=C[Si](C)(C)CCCCC(=O)O.[H-].[K+]. The summed E-state index contributed by atoms with van der Waals surface area (Å²) in [5.74, 6) is -0.687. The molecule has 13 heavy (non-hydrogen) atoms. The van der Waals surface area contributed by atoms with Crippen LogP contribution in [0.1, 0.15) is 20.7 Å². The van der Waals surface area contributed by atoms with Crippen LogP contribution in [-0.4, -0.2) is 19.1 Å². The van der Waals surface area contributed by atoms with Gasteiger partial charge in [-0.15, -0.1) is 12.3 Å². The topological polar surface area (TPSA) is 37.3 Å². The maximum Gasteiger partial charge on any atom is 1.00 e. The standard InChI is InChI=1S/C9H18O2Si.K.H/c1-4-12(2,3)8-6-5-7-9(10)11;;/h4H,1,5-8H2,2-3H3,(H,10,11);;/q;+1;-1. The molecule has 0 fully saturated rings. The molecule has 0 aromatic rings. The molecule has 0 spiro atoms. The first kappa shape index (κ1) is 16.5. The molecule has 0 aliphatic carbocycles. The largest absolute Gasteiger partial charge is 1.00 e. The van der Waals surface area contributed by atoms with Crippen LogP contribution < -0.4 is 51.4 Å². The maximum atomic E-state index is 10.2. The van der Waals surface area contributed by atoms with E-state index in [4.69, 9.17) is 5.11 Å². The monoisotopic (exact) mass is 226 g/mol. The van der Waals surface area contributed by atoms with E-state index >= 15 is 0 Å². The Bertz CT molecular complexity index is 174. The summed E-state index contributed by atoms with van der Waals surface area (Å²) in [5.41, 5.74) is 2.06. The number of hydrogen-bond acceptors (Lipinski definition) is 1. The van der Waals surface area contributed by atoms with Crippen molar-refractivity contribution in [1.29, 1.82) is 0 Å². The van der Waals surface area contributed by atoms with Crippen molar-refractivity contribution in [2.75, 3.05) is 0 Å². The van der Waals surface area contributed by atoms with Crippen LogP contribution in [0.2, 0.25) is 19.1 Å². The molecule has 0 heterocycles. The van der Waals surface area contributed by atoms with Crippen LogP contribution in [0.4, 0.5) is 0 Å². The van der Waals surface area contributed by atoms with Gasteiger partial charge in [0.25, 0.3) is 0 Å². The summed E-state index contributed by atoms with van der Waals surface area (Å²) in [5, 5.41) is 8.39. The average Bonchev–Trinajstić information content (AvgIpc) is 1.98. The van der Waals surface area contributed by atoms with E-state index in [0.29, 0.717) is 6.42 Å². The van der Waals surface area contributed by atoms with E-state index in [-0.39, 0.29) is 52.8 Å². The third-order valence-corrected chi connectivity index (χ3v) is 4.76. The molecule has 0 bridgehead atoms. The minimum absolute atomic E-state index is 0. The fourth-order valence-corrected chi connectivity index (χ4v) is 2.32. The van der Waals surface area contributed by atoms with Gasteiger partial charge in [0, 0.05) is 6.42 Å². The molecule has 0 atom stereocenters. The number of unbranched alkanes of at least 4 members (excludes halogenated alkanes) is 1. The van der Waals surface area contributed by atoms with Crippen LogP contribution in [0.3, 0.4) is 0 Å². The third kappa shape index (κ3) is 11.0. The summed E-state index contributed by atoms with van der Waals surface area (Å²) in [6.07, 6.45) is 2.14. The minimum atomic E-state index is -1.18. The summed E-state index contributed by atoms with van der Waals surface area (Å²) in [7, 11) is -1.18. The summed E-state index contributed by atoms with van der Waals surface area (Å²) < 4.78 is 0. The van der Waals surface area contributed by atoms with Gasteiger partial charge in [-0.3, -0.25) is 4.79 Å². The molecule has 4 heteroatoms. The Morgan fingerprint density at radius 2 is 2.08 bits per heavy atom. The second-order valence-electron chi connectivity index (χ2n) is 3.79. The Balaban J connectivity index is -0.000000605. The van der Waals surface area contributed by atoms with Crippen LogP contribution in [-0.2, 0) is 4.79 Å². The molecule has 0 aliphatic rings. The molecule has 0 aromatic carbocycles. The van der Waals surface area contributed by atoms with Gasteiger partial charge in [0.2, 0.25) is 0 Å². The Morgan fingerprint density at radius 3 is 2.46 bits per heavy atom. The zero-order chi connectivity index (χ0) is 9.61. The van der Waals surface area contributed by atoms with Gasteiger partial charge in [-0.05, 0) is 6.42 Å². The average molecular weight is 226 g/mol. The third-order valence-electron chi connectivity index (χ3n) is 2.01. The van der Waals surface area contributed by atoms with Crippen molar-refractivity contribution >= 4 is 14.0 Å². The van der Waals surface area contributed by atoms with Crippen molar-refractivity contribution in [3.63, 3.8) is 0 Å². The number of aliphatic carboxylic acids is 1. The zero-order valence-corrected chi connectivity index (χ0v) is 13.1. The number of carboxylic acids is 1. The van der Waals surface area contributed by atoms with Gasteiger partial charge in [-0.1, -0.05) is 25.6 Å². The number of carbonyl (C=O) groups is 1. The van der Waals surface area contributed by atoms with Crippen LogP contribution in [0.5, 0.6) is 0 Å². The van der Waals surface area contributed by atoms with Gasteiger partial charge in [-0.25, -0.2) is 0 Å². The minimum Gasteiger partial charge on any atom is -1.00 e. The number of rotatable bonds is 6. The molecule has 72 valence electrons. The first-order valence-electron chi connectivity index (χ1n) is 4.33. The van der Waals surface area contributed by atoms with Crippen molar-refractivity contribution in [3.05, 3.63) is 12.3 Å². The predicted molar refractivity (Wildman–Crippen MR) is 55.1 cm³/mol. The Morgan fingerprint density at radius 1 is 1.54 bits per heavy atom. The van der Waals surface area contributed by atoms with E-state index in [1.54, 1.807) is 0 Å².